The molecular formula is C18H29N3O. The fourth-order valence-corrected chi connectivity index (χ4v) is 3.21. The highest BCUT2D eigenvalue weighted by atomic mass is 16.2. The van der Waals surface area contributed by atoms with Gasteiger partial charge in [0.2, 0.25) is 5.91 Å². The first kappa shape index (κ1) is 17.0. The first-order chi connectivity index (χ1) is 10.6. The molecule has 4 nitrogen and oxygen atoms in total. The monoisotopic (exact) mass is 303 g/mol. The predicted molar refractivity (Wildman–Crippen MR) is 90.3 cm³/mol. The Morgan fingerprint density at radius 1 is 1.36 bits per heavy atom. The van der Waals surface area contributed by atoms with E-state index in [0.717, 1.165) is 25.9 Å². The van der Waals surface area contributed by atoms with Crippen LogP contribution in [0.2, 0.25) is 0 Å². The lowest BCUT2D eigenvalue weighted by atomic mass is 9.92. The molecular weight excluding hydrogens is 274 g/mol. The molecule has 122 valence electrons. The van der Waals surface area contributed by atoms with Crippen molar-refractivity contribution in [3.63, 3.8) is 0 Å². The molecule has 0 bridgehead atoms. The zero-order valence-electron chi connectivity index (χ0n) is 13.9. The number of piperidine rings is 1. The van der Waals surface area contributed by atoms with Gasteiger partial charge in [0.1, 0.15) is 0 Å². The highest BCUT2D eigenvalue weighted by molar-refractivity contribution is 5.78. The van der Waals surface area contributed by atoms with E-state index in [1.807, 2.05) is 30.0 Å². The van der Waals surface area contributed by atoms with E-state index >= 15 is 0 Å². The van der Waals surface area contributed by atoms with Crippen molar-refractivity contribution in [1.29, 1.82) is 0 Å². The van der Waals surface area contributed by atoms with Crippen molar-refractivity contribution in [2.24, 2.45) is 11.7 Å². The van der Waals surface area contributed by atoms with Crippen LogP contribution >= 0.6 is 0 Å². The van der Waals surface area contributed by atoms with Crippen molar-refractivity contribution < 1.29 is 4.79 Å². The van der Waals surface area contributed by atoms with E-state index in [9.17, 15) is 4.79 Å². The van der Waals surface area contributed by atoms with Crippen LogP contribution in [0.1, 0.15) is 32.3 Å². The van der Waals surface area contributed by atoms with Crippen molar-refractivity contribution in [3.8, 4) is 0 Å². The van der Waals surface area contributed by atoms with Crippen molar-refractivity contribution in [3.05, 3.63) is 35.9 Å². The summed E-state index contributed by atoms with van der Waals surface area (Å²) in [4.78, 5) is 16.8. The molecule has 0 spiro atoms. The lowest BCUT2D eigenvalue weighted by Gasteiger charge is -2.38. The van der Waals surface area contributed by atoms with Gasteiger partial charge >= 0.3 is 0 Å². The highest BCUT2D eigenvalue weighted by Crippen LogP contribution is 2.21. The minimum Gasteiger partial charge on any atom is -0.338 e. The Morgan fingerprint density at radius 3 is 2.73 bits per heavy atom. The largest absolute Gasteiger partial charge is 0.338 e. The van der Waals surface area contributed by atoms with Crippen LogP contribution in [0.3, 0.4) is 0 Å². The zero-order valence-corrected chi connectivity index (χ0v) is 13.9. The summed E-state index contributed by atoms with van der Waals surface area (Å²) in [5, 5.41) is 0. The van der Waals surface area contributed by atoms with Gasteiger partial charge in [-0.3, -0.25) is 9.69 Å². The molecule has 1 heterocycles. The molecule has 22 heavy (non-hydrogen) atoms. The third kappa shape index (κ3) is 4.55. The summed E-state index contributed by atoms with van der Waals surface area (Å²) in [6, 6.07) is 10.5. The minimum absolute atomic E-state index is 0.208. The Labute approximate surface area is 134 Å². The fourth-order valence-electron chi connectivity index (χ4n) is 3.21. The first-order valence-electron chi connectivity index (χ1n) is 8.39. The maximum atomic E-state index is 12.6. The first-order valence-corrected chi connectivity index (χ1v) is 8.39. The summed E-state index contributed by atoms with van der Waals surface area (Å²) in [5.74, 6) is 0.922. The van der Waals surface area contributed by atoms with Crippen LogP contribution in [-0.2, 0) is 11.3 Å². The maximum absolute atomic E-state index is 12.6. The van der Waals surface area contributed by atoms with Gasteiger partial charge in [0.05, 0.1) is 6.54 Å². The van der Waals surface area contributed by atoms with Gasteiger partial charge in [0, 0.05) is 25.7 Å². The Balaban J connectivity index is 1.94. The molecule has 1 amide bonds. The van der Waals surface area contributed by atoms with Gasteiger partial charge in [-0.1, -0.05) is 37.3 Å². The zero-order chi connectivity index (χ0) is 15.9. The number of hydrogen-bond donors (Lipinski definition) is 1. The van der Waals surface area contributed by atoms with Crippen LogP contribution in [0.5, 0.6) is 0 Å². The molecule has 4 heteroatoms. The molecule has 1 aliphatic rings. The van der Waals surface area contributed by atoms with Crippen LogP contribution < -0.4 is 5.73 Å². The van der Waals surface area contributed by atoms with Crippen molar-refractivity contribution in [2.75, 3.05) is 26.2 Å². The van der Waals surface area contributed by atoms with Gasteiger partial charge in [-0.15, -0.1) is 0 Å². The molecule has 2 rings (SSSR count). The molecule has 1 saturated heterocycles. The van der Waals surface area contributed by atoms with Gasteiger partial charge in [0.15, 0.2) is 0 Å². The van der Waals surface area contributed by atoms with Gasteiger partial charge in [-0.2, -0.15) is 0 Å². The Morgan fingerprint density at radius 2 is 2.09 bits per heavy atom. The van der Waals surface area contributed by atoms with Crippen molar-refractivity contribution >= 4 is 5.91 Å². The molecule has 0 aromatic heterocycles. The summed E-state index contributed by atoms with van der Waals surface area (Å²) < 4.78 is 0. The molecule has 2 unspecified atom stereocenters. The summed E-state index contributed by atoms with van der Waals surface area (Å²) in [6.07, 6.45) is 2.27. The molecule has 2 N–H and O–H groups in total. The average molecular weight is 303 g/mol. The Bertz CT molecular complexity index is 463. The predicted octanol–water partition coefficient (Wildman–Crippen LogP) is 2.09. The van der Waals surface area contributed by atoms with Crippen molar-refractivity contribution in [2.45, 2.75) is 39.3 Å². The number of benzene rings is 1. The van der Waals surface area contributed by atoms with Gasteiger partial charge in [-0.05, 0) is 37.8 Å². The molecule has 0 aliphatic carbocycles. The Hall–Kier alpha value is -1.39. The lowest BCUT2D eigenvalue weighted by molar-refractivity contribution is -0.134. The van der Waals surface area contributed by atoms with E-state index in [1.54, 1.807) is 0 Å². The molecule has 2 atom stereocenters. The number of rotatable bonds is 6. The molecule has 0 radical (unpaired) electrons. The number of nitrogens with zero attached hydrogens (tertiary/aromatic N) is 2. The summed E-state index contributed by atoms with van der Waals surface area (Å²) in [7, 11) is 0. The summed E-state index contributed by atoms with van der Waals surface area (Å²) in [5.41, 5.74) is 7.08. The lowest BCUT2D eigenvalue weighted by Crippen LogP contribution is -2.50. The van der Waals surface area contributed by atoms with Gasteiger partial charge in [0.25, 0.3) is 0 Å². The molecule has 1 aromatic rings. The van der Waals surface area contributed by atoms with Gasteiger partial charge < -0.3 is 10.6 Å². The van der Waals surface area contributed by atoms with Crippen LogP contribution in [0.15, 0.2) is 30.3 Å². The molecule has 1 fully saturated rings. The summed E-state index contributed by atoms with van der Waals surface area (Å²) >= 11 is 0. The minimum atomic E-state index is 0.208. The average Bonchev–Trinajstić information content (AvgIpc) is 2.55. The number of nitrogens with two attached hydrogens (primary N) is 1. The highest BCUT2D eigenvalue weighted by Gasteiger charge is 2.27. The maximum Gasteiger partial charge on any atom is 0.237 e. The SMILES string of the molecule is CCN(Cc1ccccc1)C(=O)CN1CCC(C)CC1CN. The number of carbonyl (C=O) groups excluding carboxylic acids is 1. The second kappa shape index (κ2) is 8.30. The number of likely N-dealkylation sites (tertiary alicyclic amines) is 1. The van der Waals surface area contributed by atoms with Crippen LogP contribution in [-0.4, -0.2) is 47.9 Å². The fraction of sp³-hybridized carbons (Fsp3) is 0.611. The van der Waals surface area contributed by atoms with Gasteiger partial charge in [-0.25, -0.2) is 0 Å². The smallest absolute Gasteiger partial charge is 0.237 e. The van der Waals surface area contributed by atoms with Crippen LogP contribution in [0.25, 0.3) is 0 Å². The molecule has 1 aliphatic heterocycles. The van der Waals surface area contributed by atoms with E-state index in [0.29, 0.717) is 31.6 Å². The molecule has 1 aromatic carbocycles. The quantitative estimate of drug-likeness (QED) is 0.875. The second-order valence-corrected chi connectivity index (χ2v) is 6.38. The molecule has 0 saturated carbocycles. The number of likely N-dealkylation sites (N-methyl/N-ethyl adjacent to an activating group) is 1. The number of hydrogen-bond acceptors (Lipinski definition) is 3. The van der Waals surface area contributed by atoms with E-state index in [1.165, 1.54) is 5.56 Å². The van der Waals surface area contributed by atoms with Crippen LogP contribution in [0.4, 0.5) is 0 Å². The van der Waals surface area contributed by atoms with E-state index in [-0.39, 0.29) is 5.91 Å². The second-order valence-electron chi connectivity index (χ2n) is 6.38. The van der Waals surface area contributed by atoms with E-state index in [4.69, 9.17) is 5.73 Å². The topological polar surface area (TPSA) is 49.6 Å². The van der Waals surface area contributed by atoms with E-state index in [2.05, 4.69) is 24.0 Å². The van der Waals surface area contributed by atoms with Crippen LogP contribution in [0, 0.1) is 5.92 Å². The third-order valence-corrected chi connectivity index (χ3v) is 4.66. The standard InChI is InChI=1S/C18H29N3O/c1-3-20(13-16-7-5-4-6-8-16)18(22)14-21-10-9-15(2)11-17(21)12-19/h4-8,15,17H,3,9-14,19H2,1-2H3. The third-order valence-electron chi connectivity index (χ3n) is 4.66. The van der Waals surface area contributed by atoms with E-state index < -0.39 is 0 Å². The normalized spacial score (nSPS) is 22.5. The Kier molecular flexibility index (Phi) is 6.40. The summed E-state index contributed by atoms with van der Waals surface area (Å²) in [6.45, 7) is 7.86. The number of carbonyl (C=O) groups is 1. The number of amides is 1. The van der Waals surface area contributed by atoms with Crippen molar-refractivity contribution in [1.82, 2.24) is 9.80 Å².